The number of aliphatic hydroxyl groups excluding tert-OH is 2. The molecule has 1 saturated carbocycles. The van der Waals surface area contributed by atoms with E-state index in [1.54, 1.807) is 18.5 Å². The van der Waals surface area contributed by atoms with Crippen molar-refractivity contribution in [1.29, 1.82) is 0 Å². The van der Waals surface area contributed by atoms with E-state index >= 15 is 0 Å². The largest absolute Gasteiger partial charge is 0.483 e. The van der Waals surface area contributed by atoms with E-state index in [9.17, 15) is 24.6 Å². The van der Waals surface area contributed by atoms with Gasteiger partial charge in [-0.25, -0.2) is 4.98 Å². The van der Waals surface area contributed by atoms with Gasteiger partial charge in [-0.2, -0.15) is 0 Å². The Morgan fingerprint density at radius 1 is 0.912 bits per heavy atom. The molecule has 1 aliphatic rings. The van der Waals surface area contributed by atoms with Crippen LogP contribution in [0.15, 0.2) is 79.4 Å². The summed E-state index contributed by atoms with van der Waals surface area (Å²) in [5, 5.41) is 38.2. The third-order valence-corrected chi connectivity index (χ3v) is 11.3. The average Bonchev–Trinajstić information content (AvgIpc) is 3.75. The second-order valence-electron chi connectivity index (χ2n) is 15.8. The number of hydrogen-bond donors (Lipinski definition) is 7. The molecule has 2 unspecified atom stereocenters. The first kappa shape index (κ1) is 43.3. The summed E-state index contributed by atoms with van der Waals surface area (Å²) in [6.07, 6.45) is 8.46. The molecule has 2 aromatic carbocycles. The average molecular weight is 784 g/mol. The molecule has 13 nitrogen and oxygen atoms in total. The molecule has 4 aromatic rings. The maximum atomic E-state index is 14.3. The molecule has 5 rings (SSSR count). The lowest BCUT2D eigenvalue weighted by atomic mass is 9.81. The Morgan fingerprint density at radius 2 is 1.67 bits per heavy atom. The van der Waals surface area contributed by atoms with Gasteiger partial charge in [-0.1, -0.05) is 109 Å². The van der Waals surface area contributed by atoms with E-state index < -0.39 is 48.2 Å². The highest BCUT2D eigenvalue weighted by Gasteiger charge is 2.39. The monoisotopic (exact) mass is 783 g/mol. The van der Waals surface area contributed by atoms with Crippen LogP contribution in [0.4, 0.5) is 0 Å². The fraction of sp³-hybridized carbons (Fsp3) is 0.523. The fourth-order valence-electron chi connectivity index (χ4n) is 7.74. The smallest absolute Gasteiger partial charge is 0.258 e. The quantitative estimate of drug-likeness (QED) is 0.0634. The van der Waals surface area contributed by atoms with Gasteiger partial charge in [0, 0.05) is 35.9 Å². The number of amides is 3. The number of ether oxygens (including phenoxy) is 1. The molecule has 7 N–H and O–H groups in total. The molecule has 0 saturated heterocycles. The SMILES string of the molecule is CC[C@H](C)[C@H](N[C@H](C(C)C)[C@@H](O)[C@H](O)C(CC1CCCCC1)NC(=O)C(Cc1cnc[nH]1)NC(=O)COc1cccc2ccccc12)C(=O)NCc1ccccn1. The number of H-pyrrole nitrogens is 1. The molecule has 0 spiro atoms. The minimum absolute atomic E-state index is 0.0893. The van der Waals surface area contributed by atoms with Gasteiger partial charge in [0.05, 0.1) is 36.8 Å². The van der Waals surface area contributed by atoms with Crippen molar-refractivity contribution in [3.63, 3.8) is 0 Å². The lowest BCUT2D eigenvalue weighted by Gasteiger charge is -2.39. The van der Waals surface area contributed by atoms with Crippen molar-refractivity contribution in [2.75, 3.05) is 6.61 Å². The Morgan fingerprint density at radius 3 is 2.37 bits per heavy atom. The van der Waals surface area contributed by atoms with Crippen LogP contribution in [0, 0.1) is 17.8 Å². The highest BCUT2D eigenvalue weighted by molar-refractivity contribution is 5.90. The summed E-state index contributed by atoms with van der Waals surface area (Å²) >= 11 is 0. The summed E-state index contributed by atoms with van der Waals surface area (Å²) in [5.74, 6) is -0.716. The van der Waals surface area contributed by atoms with Crippen molar-refractivity contribution in [3.05, 3.63) is 90.8 Å². The van der Waals surface area contributed by atoms with Crippen LogP contribution < -0.4 is 26.0 Å². The first-order valence-electron chi connectivity index (χ1n) is 20.5. The van der Waals surface area contributed by atoms with E-state index in [4.69, 9.17) is 4.74 Å². The second-order valence-corrected chi connectivity index (χ2v) is 15.8. The van der Waals surface area contributed by atoms with Crippen LogP contribution in [0.3, 0.4) is 0 Å². The molecule has 13 heteroatoms. The number of carbonyl (C=O) groups excluding carboxylic acids is 3. The number of aromatic amines is 1. The van der Waals surface area contributed by atoms with E-state index in [0.717, 1.165) is 48.6 Å². The van der Waals surface area contributed by atoms with Gasteiger partial charge in [-0.15, -0.1) is 0 Å². The van der Waals surface area contributed by atoms with Gasteiger partial charge in [-0.05, 0) is 47.8 Å². The topological polar surface area (TPSA) is 191 Å². The van der Waals surface area contributed by atoms with Gasteiger partial charge < -0.3 is 35.9 Å². The van der Waals surface area contributed by atoms with Crippen molar-refractivity contribution >= 4 is 28.5 Å². The molecule has 1 fully saturated rings. The second kappa shape index (κ2) is 21.6. The number of rotatable bonds is 21. The van der Waals surface area contributed by atoms with Crippen molar-refractivity contribution in [1.82, 2.24) is 36.2 Å². The van der Waals surface area contributed by atoms with Crippen LogP contribution in [0.25, 0.3) is 10.8 Å². The molecule has 0 aliphatic heterocycles. The normalized spacial score (nSPS) is 17.2. The highest BCUT2D eigenvalue weighted by Crippen LogP contribution is 2.30. The first-order valence-corrected chi connectivity index (χ1v) is 20.5. The number of benzene rings is 2. The minimum Gasteiger partial charge on any atom is -0.483 e. The summed E-state index contributed by atoms with van der Waals surface area (Å²) < 4.78 is 5.93. The number of aromatic nitrogens is 3. The molecule has 57 heavy (non-hydrogen) atoms. The summed E-state index contributed by atoms with van der Waals surface area (Å²) in [7, 11) is 0. The van der Waals surface area contributed by atoms with Crippen LogP contribution >= 0.6 is 0 Å². The standard InChI is InChI=1S/C44H61N7O6/c1-5-29(4)40(44(56)47-25-32-18-11-12-21-46-32)51-39(28(2)3)42(54)41(53)35(22-30-14-7-6-8-15-30)50-43(55)36(23-33-24-45-27-48-33)49-38(52)26-57-37-20-13-17-31-16-9-10-19-34(31)37/h9-13,16-21,24,27-30,35-36,39-42,51,53-54H,5-8,14-15,22-23,25-26H2,1-4H3,(H,45,48)(H,47,56)(H,49,52)(H,50,55)/t29-,35?,36?,39+,40-,41+,42+/m0/s1. The molecular weight excluding hydrogens is 723 g/mol. The van der Waals surface area contributed by atoms with Gasteiger partial charge in [0.15, 0.2) is 6.61 Å². The van der Waals surface area contributed by atoms with E-state index in [1.165, 1.54) is 6.33 Å². The molecule has 308 valence electrons. The number of nitrogens with zero attached hydrogens (tertiary/aromatic N) is 2. The maximum absolute atomic E-state index is 14.3. The lowest BCUT2D eigenvalue weighted by molar-refractivity contribution is -0.131. The summed E-state index contributed by atoms with van der Waals surface area (Å²) in [5.41, 5.74) is 1.36. The van der Waals surface area contributed by atoms with Crippen LogP contribution in [0.5, 0.6) is 5.75 Å². The van der Waals surface area contributed by atoms with Crippen LogP contribution in [0.2, 0.25) is 0 Å². The number of imidazole rings is 1. The molecule has 7 atom stereocenters. The molecule has 3 amide bonds. The zero-order chi connectivity index (χ0) is 40.7. The van der Waals surface area contributed by atoms with E-state index in [-0.39, 0.29) is 43.2 Å². The minimum atomic E-state index is -1.39. The number of carbonyl (C=O) groups is 3. The lowest BCUT2D eigenvalue weighted by Crippen LogP contribution is -2.62. The molecule has 1 aliphatic carbocycles. The first-order chi connectivity index (χ1) is 27.5. The fourth-order valence-corrected chi connectivity index (χ4v) is 7.74. The predicted molar refractivity (Wildman–Crippen MR) is 220 cm³/mol. The Kier molecular flexibility index (Phi) is 16.4. The summed E-state index contributed by atoms with van der Waals surface area (Å²) in [6.45, 7) is 7.78. The number of fused-ring (bicyclic) bond motifs is 1. The number of aliphatic hydroxyl groups is 2. The van der Waals surface area contributed by atoms with Crippen molar-refractivity contribution < 1.29 is 29.3 Å². The third kappa shape index (κ3) is 12.6. The molecule has 2 heterocycles. The molecule has 0 radical (unpaired) electrons. The van der Waals surface area contributed by atoms with Gasteiger partial charge in [0.2, 0.25) is 11.8 Å². The summed E-state index contributed by atoms with van der Waals surface area (Å²) in [4.78, 5) is 52.7. The highest BCUT2D eigenvalue weighted by atomic mass is 16.5. The van der Waals surface area contributed by atoms with Gasteiger partial charge in [-0.3, -0.25) is 24.7 Å². The van der Waals surface area contributed by atoms with Crippen LogP contribution in [-0.2, 0) is 27.3 Å². The van der Waals surface area contributed by atoms with E-state index in [0.29, 0.717) is 24.3 Å². The van der Waals surface area contributed by atoms with Crippen molar-refractivity contribution in [2.45, 2.75) is 122 Å². The van der Waals surface area contributed by atoms with E-state index in [2.05, 4.69) is 36.2 Å². The maximum Gasteiger partial charge on any atom is 0.258 e. The number of nitrogens with one attached hydrogen (secondary N) is 5. The van der Waals surface area contributed by atoms with Crippen LogP contribution in [-0.4, -0.2) is 85.9 Å². The zero-order valence-corrected chi connectivity index (χ0v) is 33.7. The Bertz CT molecular complexity index is 1830. The Hall–Kier alpha value is -4.85. The van der Waals surface area contributed by atoms with Crippen molar-refractivity contribution in [2.24, 2.45) is 17.8 Å². The van der Waals surface area contributed by atoms with E-state index in [1.807, 2.05) is 82.3 Å². The Balaban J connectivity index is 1.32. The zero-order valence-electron chi connectivity index (χ0n) is 33.7. The number of hydrogen-bond acceptors (Lipinski definition) is 9. The third-order valence-electron chi connectivity index (χ3n) is 11.3. The molecule has 2 aromatic heterocycles. The van der Waals surface area contributed by atoms with Gasteiger partial charge in [0.25, 0.3) is 5.91 Å². The molecular formula is C44H61N7O6. The summed E-state index contributed by atoms with van der Waals surface area (Å²) in [6, 6.07) is 15.6. The van der Waals surface area contributed by atoms with Crippen LogP contribution in [0.1, 0.15) is 84.0 Å². The van der Waals surface area contributed by atoms with Gasteiger partial charge in [0.1, 0.15) is 17.9 Å². The van der Waals surface area contributed by atoms with Crippen molar-refractivity contribution in [3.8, 4) is 5.75 Å². The Labute approximate surface area is 336 Å². The number of pyridine rings is 1. The van der Waals surface area contributed by atoms with Gasteiger partial charge >= 0.3 is 0 Å². The molecule has 0 bridgehead atoms. The predicted octanol–water partition coefficient (Wildman–Crippen LogP) is 4.59.